The number of carbonyl (C=O) groups is 1. The van der Waals surface area contributed by atoms with Crippen LogP contribution in [0.15, 0.2) is 48.5 Å². The maximum Gasteiger partial charge on any atom is 0.330 e. The van der Waals surface area contributed by atoms with Gasteiger partial charge in [0.2, 0.25) is 0 Å². The zero-order valence-corrected chi connectivity index (χ0v) is 11.5. The maximum absolute atomic E-state index is 12.9. The number of nitrogens with one attached hydrogen (secondary N) is 1. The predicted octanol–water partition coefficient (Wildman–Crippen LogP) is 3.46. The van der Waals surface area contributed by atoms with Gasteiger partial charge in [-0.2, -0.15) is 0 Å². The van der Waals surface area contributed by atoms with E-state index in [0.29, 0.717) is 23.6 Å². The lowest BCUT2D eigenvalue weighted by Gasteiger charge is -2.17. The van der Waals surface area contributed by atoms with Crippen LogP contribution in [-0.2, 0) is 4.79 Å². The molecule has 0 aromatic heterocycles. The molecule has 0 aliphatic heterocycles. The SMILES string of the molecule is CCOc1cccc(C(Nc2ccc(F)cc2)C(=O)O)c1. The van der Waals surface area contributed by atoms with Crippen LogP contribution < -0.4 is 10.1 Å². The van der Waals surface area contributed by atoms with E-state index in [9.17, 15) is 14.3 Å². The molecule has 0 aliphatic carbocycles. The number of rotatable bonds is 6. The first-order valence-electron chi connectivity index (χ1n) is 6.58. The molecule has 0 aliphatic rings. The average molecular weight is 289 g/mol. The summed E-state index contributed by atoms with van der Waals surface area (Å²) in [6.45, 7) is 2.37. The summed E-state index contributed by atoms with van der Waals surface area (Å²) in [5.41, 5.74) is 1.10. The van der Waals surface area contributed by atoms with Gasteiger partial charge < -0.3 is 15.2 Å². The molecule has 4 nitrogen and oxygen atoms in total. The molecule has 2 rings (SSSR count). The van der Waals surface area contributed by atoms with Gasteiger partial charge in [-0.3, -0.25) is 0 Å². The monoisotopic (exact) mass is 289 g/mol. The minimum Gasteiger partial charge on any atom is -0.494 e. The Labute approximate surface area is 122 Å². The van der Waals surface area contributed by atoms with Crippen molar-refractivity contribution in [2.75, 3.05) is 11.9 Å². The van der Waals surface area contributed by atoms with Crippen LogP contribution in [0.5, 0.6) is 5.75 Å². The zero-order valence-electron chi connectivity index (χ0n) is 11.5. The van der Waals surface area contributed by atoms with Gasteiger partial charge in [-0.25, -0.2) is 9.18 Å². The Hall–Kier alpha value is -2.56. The highest BCUT2D eigenvalue weighted by molar-refractivity contribution is 5.79. The Morgan fingerprint density at radius 1 is 1.29 bits per heavy atom. The summed E-state index contributed by atoms with van der Waals surface area (Å²) in [6.07, 6.45) is 0. The van der Waals surface area contributed by atoms with Gasteiger partial charge in [0.15, 0.2) is 6.04 Å². The van der Waals surface area contributed by atoms with Crippen molar-refractivity contribution in [3.8, 4) is 5.75 Å². The number of hydrogen-bond donors (Lipinski definition) is 2. The summed E-state index contributed by atoms with van der Waals surface area (Å²) >= 11 is 0. The van der Waals surface area contributed by atoms with E-state index in [1.807, 2.05) is 6.92 Å². The fourth-order valence-electron chi connectivity index (χ4n) is 1.95. The lowest BCUT2D eigenvalue weighted by Crippen LogP contribution is -2.20. The molecule has 0 fully saturated rings. The van der Waals surface area contributed by atoms with Gasteiger partial charge in [-0.1, -0.05) is 12.1 Å². The van der Waals surface area contributed by atoms with E-state index < -0.39 is 12.0 Å². The van der Waals surface area contributed by atoms with Crippen LogP contribution in [0, 0.1) is 5.82 Å². The highest BCUT2D eigenvalue weighted by Crippen LogP contribution is 2.23. The second-order valence-electron chi connectivity index (χ2n) is 4.43. The Balaban J connectivity index is 2.24. The summed E-state index contributed by atoms with van der Waals surface area (Å²) in [4.78, 5) is 11.5. The third-order valence-corrected chi connectivity index (χ3v) is 2.90. The molecule has 0 amide bonds. The average Bonchev–Trinajstić information content (AvgIpc) is 2.47. The third-order valence-electron chi connectivity index (χ3n) is 2.90. The van der Waals surface area contributed by atoms with Crippen LogP contribution in [0.3, 0.4) is 0 Å². The van der Waals surface area contributed by atoms with Crippen molar-refractivity contribution in [1.29, 1.82) is 0 Å². The second-order valence-corrected chi connectivity index (χ2v) is 4.43. The molecule has 0 radical (unpaired) electrons. The molecule has 0 spiro atoms. The number of ether oxygens (including phenoxy) is 1. The van der Waals surface area contributed by atoms with E-state index in [2.05, 4.69) is 5.32 Å². The maximum atomic E-state index is 12.9. The van der Waals surface area contributed by atoms with E-state index >= 15 is 0 Å². The fourth-order valence-corrected chi connectivity index (χ4v) is 1.95. The molecule has 2 aromatic carbocycles. The van der Waals surface area contributed by atoms with E-state index in [4.69, 9.17) is 4.74 Å². The van der Waals surface area contributed by atoms with E-state index in [1.165, 1.54) is 24.3 Å². The molecular weight excluding hydrogens is 273 g/mol. The molecule has 0 bridgehead atoms. The minimum absolute atomic E-state index is 0.370. The molecule has 1 atom stereocenters. The van der Waals surface area contributed by atoms with Gasteiger partial charge in [0, 0.05) is 5.69 Å². The molecule has 110 valence electrons. The van der Waals surface area contributed by atoms with Gasteiger partial charge in [-0.05, 0) is 48.9 Å². The fraction of sp³-hybridized carbons (Fsp3) is 0.188. The van der Waals surface area contributed by atoms with Crippen molar-refractivity contribution in [1.82, 2.24) is 0 Å². The van der Waals surface area contributed by atoms with Gasteiger partial charge in [0.25, 0.3) is 0 Å². The van der Waals surface area contributed by atoms with E-state index in [-0.39, 0.29) is 5.82 Å². The van der Waals surface area contributed by atoms with Crippen LogP contribution >= 0.6 is 0 Å². The van der Waals surface area contributed by atoms with Crippen LogP contribution in [0.2, 0.25) is 0 Å². The topological polar surface area (TPSA) is 58.6 Å². The van der Waals surface area contributed by atoms with E-state index in [1.54, 1.807) is 24.3 Å². The van der Waals surface area contributed by atoms with Crippen LogP contribution in [-0.4, -0.2) is 17.7 Å². The Bertz CT molecular complexity index is 613. The number of halogens is 1. The number of aliphatic carboxylic acids is 1. The Morgan fingerprint density at radius 3 is 2.62 bits per heavy atom. The summed E-state index contributed by atoms with van der Waals surface area (Å²) in [6, 6.07) is 11.5. The molecule has 0 heterocycles. The standard InChI is InChI=1S/C16H16FNO3/c1-2-21-14-5-3-4-11(10-14)15(16(19)20)18-13-8-6-12(17)7-9-13/h3-10,15,18H,2H2,1H3,(H,19,20). The zero-order chi connectivity index (χ0) is 15.2. The first-order chi connectivity index (χ1) is 10.1. The molecule has 2 N–H and O–H groups in total. The normalized spacial score (nSPS) is 11.7. The summed E-state index contributed by atoms with van der Waals surface area (Å²) < 4.78 is 18.3. The van der Waals surface area contributed by atoms with Crippen LogP contribution in [0.25, 0.3) is 0 Å². The molecule has 21 heavy (non-hydrogen) atoms. The Morgan fingerprint density at radius 2 is 2.00 bits per heavy atom. The largest absolute Gasteiger partial charge is 0.494 e. The minimum atomic E-state index is -1.02. The molecular formula is C16H16FNO3. The van der Waals surface area contributed by atoms with Crippen LogP contribution in [0.1, 0.15) is 18.5 Å². The van der Waals surface area contributed by atoms with Gasteiger partial charge >= 0.3 is 5.97 Å². The summed E-state index contributed by atoms with van der Waals surface area (Å²) in [5.74, 6) is -0.777. The molecule has 1 unspecified atom stereocenters. The first kappa shape index (κ1) is 14.8. The summed E-state index contributed by atoms with van der Waals surface area (Å²) in [7, 11) is 0. The lowest BCUT2D eigenvalue weighted by molar-refractivity contribution is -0.138. The van der Waals surface area contributed by atoms with Gasteiger partial charge in [-0.15, -0.1) is 0 Å². The van der Waals surface area contributed by atoms with Crippen molar-refractivity contribution in [2.45, 2.75) is 13.0 Å². The van der Waals surface area contributed by atoms with Gasteiger partial charge in [0.1, 0.15) is 11.6 Å². The molecule has 2 aromatic rings. The summed E-state index contributed by atoms with van der Waals surface area (Å²) in [5, 5.41) is 12.3. The quantitative estimate of drug-likeness (QED) is 0.855. The van der Waals surface area contributed by atoms with Crippen molar-refractivity contribution in [3.05, 3.63) is 59.9 Å². The van der Waals surface area contributed by atoms with Crippen molar-refractivity contribution in [2.24, 2.45) is 0 Å². The predicted molar refractivity (Wildman–Crippen MR) is 78.0 cm³/mol. The third kappa shape index (κ3) is 3.95. The van der Waals surface area contributed by atoms with E-state index in [0.717, 1.165) is 0 Å². The smallest absolute Gasteiger partial charge is 0.330 e. The number of hydrogen-bond acceptors (Lipinski definition) is 3. The van der Waals surface area contributed by atoms with Crippen LogP contribution in [0.4, 0.5) is 10.1 Å². The highest BCUT2D eigenvalue weighted by Gasteiger charge is 2.20. The number of carboxylic acid groups (broad SMARTS) is 1. The lowest BCUT2D eigenvalue weighted by atomic mass is 10.1. The molecule has 0 saturated heterocycles. The second kappa shape index (κ2) is 6.74. The van der Waals surface area contributed by atoms with Crippen molar-refractivity contribution in [3.63, 3.8) is 0 Å². The first-order valence-corrected chi connectivity index (χ1v) is 6.58. The van der Waals surface area contributed by atoms with Crippen molar-refractivity contribution >= 4 is 11.7 Å². The van der Waals surface area contributed by atoms with Gasteiger partial charge in [0.05, 0.1) is 6.61 Å². The highest BCUT2D eigenvalue weighted by atomic mass is 19.1. The number of anilines is 1. The molecule has 5 heteroatoms. The number of carboxylic acids is 1. The van der Waals surface area contributed by atoms with Crippen molar-refractivity contribution < 1.29 is 19.0 Å². The Kier molecular flexibility index (Phi) is 4.77. The molecule has 0 saturated carbocycles. The number of benzene rings is 2.